The van der Waals surface area contributed by atoms with Gasteiger partial charge in [-0.3, -0.25) is 0 Å². The highest BCUT2D eigenvalue weighted by molar-refractivity contribution is 9.10. The number of hydrogen-bond acceptors (Lipinski definition) is 3. The molecule has 0 aromatic heterocycles. The van der Waals surface area contributed by atoms with E-state index >= 15 is 0 Å². The number of ether oxygens (including phenoxy) is 1. The second kappa shape index (κ2) is 4.54. The Morgan fingerprint density at radius 3 is 2.75 bits per heavy atom. The Balaban J connectivity index is 2.33. The van der Waals surface area contributed by atoms with Crippen molar-refractivity contribution in [1.29, 1.82) is 5.26 Å². The summed E-state index contributed by atoms with van der Waals surface area (Å²) < 4.78 is 6.07. The molecule has 1 N–H and O–H groups in total. The fourth-order valence-electron chi connectivity index (χ4n) is 1.91. The van der Waals surface area contributed by atoms with Gasteiger partial charge in [-0.2, -0.15) is 5.26 Å². The van der Waals surface area contributed by atoms with Crippen LogP contribution in [-0.4, -0.2) is 20.2 Å². The van der Waals surface area contributed by atoms with E-state index in [1.807, 2.05) is 18.2 Å². The normalized spacial score (nSPS) is 17.6. The van der Waals surface area contributed by atoms with Gasteiger partial charge in [0.25, 0.3) is 0 Å². The van der Waals surface area contributed by atoms with Crippen LogP contribution < -0.4 is 5.32 Å². The molecular weight excluding hydrogens is 268 g/mol. The molecule has 1 aromatic carbocycles. The van der Waals surface area contributed by atoms with Crippen molar-refractivity contribution in [1.82, 2.24) is 5.32 Å². The minimum absolute atomic E-state index is 0.357. The zero-order chi connectivity index (χ0) is 11.6. The predicted molar refractivity (Wildman–Crippen MR) is 65.0 cm³/mol. The number of nitriles is 1. The molecule has 0 unspecified atom stereocenters. The molecule has 1 aromatic rings. The molecule has 1 aliphatic rings. The Morgan fingerprint density at radius 1 is 1.56 bits per heavy atom. The lowest BCUT2D eigenvalue weighted by Crippen LogP contribution is -2.56. The average molecular weight is 281 g/mol. The molecule has 84 valence electrons. The van der Waals surface area contributed by atoms with Gasteiger partial charge in [0.05, 0.1) is 12.7 Å². The van der Waals surface area contributed by atoms with Crippen molar-refractivity contribution in [3.8, 4) is 6.07 Å². The van der Waals surface area contributed by atoms with E-state index < -0.39 is 0 Å². The van der Waals surface area contributed by atoms with E-state index in [0.29, 0.717) is 6.61 Å². The Hall–Kier alpha value is -0.890. The molecule has 1 heterocycles. The molecule has 4 heteroatoms. The fraction of sp³-hybridized carbons (Fsp3) is 0.417. The first-order valence-electron chi connectivity index (χ1n) is 5.12. The van der Waals surface area contributed by atoms with Crippen LogP contribution in [0.2, 0.25) is 0 Å². The molecule has 1 aliphatic heterocycles. The minimum atomic E-state index is -0.357. The number of nitrogens with zero attached hydrogens (tertiary/aromatic N) is 1. The van der Waals surface area contributed by atoms with Gasteiger partial charge >= 0.3 is 0 Å². The third-order valence-corrected chi connectivity index (χ3v) is 3.58. The number of benzene rings is 1. The van der Waals surface area contributed by atoms with Gasteiger partial charge in [-0.25, -0.2) is 0 Å². The summed E-state index contributed by atoms with van der Waals surface area (Å²) in [5.74, 6) is 0. The van der Waals surface area contributed by atoms with Crippen LogP contribution in [0.5, 0.6) is 0 Å². The van der Waals surface area contributed by atoms with Crippen LogP contribution in [-0.2, 0) is 16.8 Å². The van der Waals surface area contributed by atoms with Crippen molar-refractivity contribution in [2.45, 2.75) is 12.0 Å². The lowest BCUT2D eigenvalue weighted by molar-refractivity contribution is 0.185. The van der Waals surface area contributed by atoms with Crippen LogP contribution in [0.4, 0.5) is 0 Å². The SMILES string of the molecule is COCc1ccc(C2(C#N)CNC2)c(Br)c1. The van der Waals surface area contributed by atoms with Crippen molar-refractivity contribution >= 4 is 15.9 Å². The quantitative estimate of drug-likeness (QED) is 0.921. The first-order valence-corrected chi connectivity index (χ1v) is 5.91. The Morgan fingerprint density at radius 2 is 2.31 bits per heavy atom. The Kier molecular flexibility index (Phi) is 3.29. The van der Waals surface area contributed by atoms with E-state index in [0.717, 1.165) is 28.7 Å². The summed E-state index contributed by atoms with van der Waals surface area (Å²) in [5.41, 5.74) is 1.82. The monoisotopic (exact) mass is 280 g/mol. The minimum Gasteiger partial charge on any atom is -0.380 e. The van der Waals surface area contributed by atoms with Crippen molar-refractivity contribution < 1.29 is 4.74 Å². The van der Waals surface area contributed by atoms with Crippen molar-refractivity contribution in [3.05, 3.63) is 33.8 Å². The van der Waals surface area contributed by atoms with Gasteiger partial charge in [0.15, 0.2) is 0 Å². The van der Waals surface area contributed by atoms with Crippen LogP contribution >= 0.6 is 15.9 Å². The van der Waals surface area contributed by atoms with Gasteiger partial charge in [0.1, 0.15) is 5.41 Å². The zero-order valence-corrected chi connectivity index (χ0v) is 10.7. The summed E-state index contributed by atoms with van der Waals surface area (Å²) in [6.45, 7) is 2.05. The second-order valence-corrected chi connectivity index (χ2v) is 4.90. The first-order chi connectivity index (χ1) is 7.72. The Bertz CT molecular complexity index is 435. The van der Waals surface area contributed by atoms with Crippen LogP contribution in [0.25, 0.3) is 0 Å². The molecule has 2 rings (SSSR count). The van der Waals surface area contributed by atoms with Crippen LogP contribution in [0.1, 0.15) is 11.1 Å². The van der Waals surface area contributed by atoms with Gasteiger partial charge < -0.3 is 10.1 Å². The van der Waals surface area contributed by atoms with E-state index in [4.69, 9.17) is 4.74 Å². The molecule has 0 radical (unpaired) electrons. The van der Waals surface area contributed by atoms with Crippen molar-refractivity contribution in [3.63, 3.8) is 0 Å². The van der Waals surface area contributed by atoms with Gasteiger partial charge in [0.2, 0.25) is 0 Å². The lowest BCUT2D eigenvalue weighted by Gasteiger charge is -2.37. The number of hydrogen-bond donors (Lipinski definition) is 1. The number of rotatable bonds is 3. The summed E-state index contributed by atoms with van der Waals surface area (Å²) >= 11 is 3.53. The molecular formula is C12H13BrN2O. The van der Waals surface area contributed by atoms with E-state index in [1.54, 1.807) is 7.11 Å². The van der Waals surface area contributed by atoms with Gasteiger partial charge in [-0.05, 0) is 17.2 Å². The lowest BCUT2D eigenvalue weighted by atomic mass is 9.76. The first kappa shape index (κ1) is 11.6. The van der Waals surface area contributed by atoms with Crippen LogP contribution in [0, 0.1) is 11.3 Å². The van der Waals surface area contributed by atoms with E-state index in [2.05, 4.69) is 27.3 Å². The predicted octanol–water partition coefficient (Wildman–Crippen LogP) is 1.96. The van der Waals surface area contributed by atoms with Crippen molar-refractivity contribution in [2.24, 2.45) is 0 Å². The standard InChI is InChI=1S/C12H13BrN2O/c1-16-5-9-2-3-10(11(13)4-9)12(6-14)7-15-8-12/h2-4,15H,5,7-8H2,1H3. The molecule has 0 saturated carbocycles. The highest BCUT2D eigenvalue weighted by Crippen LogP contribution is 2.34. The highest BCUT2D eigenvalue weighted by Gasteiger charge is 2.40. The fourth-order valence-corrected chi connectivity index (χ4v) is 2.71. The summed E-state index contributed by atoms with van der Waals surface area (Å²) in [6, 6.07) is 8.46. The summed E-state index contributed by atoms with van der Waals surface area (Å²) in [7, 11) is 1.68. The van der Waals surface area contributed by atoms with E-state index in [-0.39, 0.29) is 5.41 Å². The topological polar surface area (TPSA) is 45.0 Å². The largest absolute Gasteiger partial charge is 0.380 e. The number of nitrogens with one attached hydrogen (secondary N) is 1. The van der Waals surface area contributed by atoms with Crippen LogP contribution in [0.15, 0.2) is 22.7 Å². The molecule has 3 nitrogen and oxygen atoms in total. The van der Waals surface area contributed by atoms with Gasteiger partial charge in [-0.15, -0.1) is 0 Å². The van der Waals surface area contributed by atoms with E-state index in [9.17, 15) is 5.26 Å². The van der Waals surface area contributed by atoms with Gasteiger partial charge in [0, 0.05) is 24.7 Å². The summed E-state index contributed by atoms with van der Waals surface area (Å²) in [6.07, 6.45) is 0. The third-order valence-electron chi connectivity index (χ3n) is 2.93. The maximum absolute atomic E-state index is 9.25. The summed E-state index contributed by atoms with van der Waals surface area (Å²) in [5, 5.41) is 12.4. The molecule has 1 fully saturated rings. The Labute approximate surface area is 104 Å². The second-order valence-electron chi connectivity index (χ2n) is 4.04. The molecule has 16 heavy (non-hydrogen) atoms. The maximum Gasteiger partial charge on any atom is 0.108 e. The molecule has 0 bridgehead atoms. The highest BCUT2D eigenvalue weighted by atomic mass is 79.9. The summed E-state index contributed by atoms with van der Waals surface area (Å²) in [4.78, 5) is 0. The zero-order valence-electron chi connectivity index (χ0n) is 9.09. The van der Waals surface area contributed by atoms with Crippen LogP contribution in [0.3, 0.4) is 0 Å². The maximum atomic E-state index is 9.25. The molecule has 0 spiro atoms. The smallest absolute Gasteiger partial charge is 0.108 e. The third kappa shape index (κ3) is 1.86. The van der Waals surface area contributed by atoms with Gasteiger partial charge in [-0.1, -0.05) is 28.1 Å². The number of methoxy groups -OCH3 is 1. The molecule has 0 atom stereocenters. The molecule has 0 aliphatic carbocycles. The average Bonchev–Trinajstić information content (AvgIpc) is 2.20. The number of halogens is 1. The molecule has 1 saturated heterocycles. The molecule has 0 amide bonds. The van der Waals surface area contributed by atoms with Crippen molar-refractivity contribution in [2.75, 3.05) is 20.2 Å². The van der Waals surface area contributed by atoms with E-state index in [1.165, 1.54) is 0 Å².